The van der Waals surface area contributed by atoms with Crippen molar-refractivity contribution in [3.63, 3.8) is 0 Å². The van der Waals surface area contributed by atoms with Crippen LogP contribution in [-0.2, 0) is 10.8 Å². The highest BCUT2D eigenvalue weighted by Crippen LogP contribution is 2.52. The van der Waals surface area contributed by atoms with Crippen LogP contribution < -0.4 is 16.2 Å². The van der Waals surface area contributed by atoms with E-state index in [0.29, 0.717) is 0 Å². The second kappa shape index (κ2) is 13.9. The molecule has 2 nitrogen and oxygen atoms in total. The maximum Gasteiger partial charge on any atom is 0.197 e. The van der Waals surface area contributed by atoms with E-state index < -0.39 is 0 Å². The van der Waals surface area contributed by atoms with Gasteiger partial charge in [-0.15, -0.1) is 11.3 Å². The van der Waals surface area contributed by atoms with E-state index in [-0.39, 0.29) is 10.8 Å². The quantitative estimate of drug-likeness (QED) is 0.178. The van der Waals surface area contributed by atoms with E-state index in [1.807, 2.05) is 34.9 Å². The summed E-state index contributed by atoms with van der Waals surface area (Å²) in [6, 6.07) is 57.1. The van der Waals surface area contributed by atoms with E-state index in [1.54, 1.807) is 0 Å². The summed E-state index contributed by atoms with van der Waals surface area (Å²) in [7, 11) is 2.49. The maximum absolute atomic E-state index is 4.10. The summed E-state index contributed by atoms with van der Waals surface area (Å²) in [5.74, 6) is 0. The molecule has 2 aromatic heterocycles. The molecule has 1 N–H and O–H groups in total. The number of rotatable bonds is 4. The van der Waals surface area contributed by atoms with Crippen LogP contribution in [0, 0.1) is 0 Å². The number of nitrogens with one attached hydrogen (secondary N) is 1. The fourth-order valence-electron chi connectivity index (χ4n) is 9.48. The van der Waals surface area contributed by atoms with Gasteiger partial charge in [-0.3, -0.25) is 0 Å². The molecule has 299 valence electrons. The first-order valence-corrected chi connectivity index (χ1v) is 23.9. The molecular formula is C56H44BN2S3. The average Bonchev–Trinajstić information content (AvgIpc) is 3.82. The third kappa shape index (κ3) is 6.09. The highest BCUT2D eigenvalue weighted by molar-refractivity contribution is 8.05. The van der Waals surface area contributed by atoms with Crippen LogP contribution in [-0.4, -0.2) is 11.8 Å². The first kappa shape index (κ1) is 38.1. The van der Waals surface area contributed by atoms with E-state index in [1.165, 1.54) is 112 Å². The van der Waals surface area contributed by atoms with Crippen LogP contribution in [0.4, 0.5) is 11.4 Å². The van der Waals surface area contributed by atoms with E-state index in [9.17, 15) is 0 Å². The van der Waals surface area contributed by atoms with Crippen LogP contribution >= 0.6 is 34.9 Å². The normalized spacial score (nSPS) is 13.3. The summed E-state index contributed by atoms with van der Waals surface area (Å²) < 4.78 is 5.16. The van der Waals surface area contributed by atoms with Gasteiger partial charge >= 0.3 is 0 Å². The topological polar surface area (TPSA) is 17.0 Å². The zero-order valence-electron chi connectivity index (χ0n) is 35.7. The van der Waals surface area contributed by atoms with Crippen molar-refractivity contribution in [3.8, 4) is 27.9 Å². The molecule has 0 unspecified atom stereocenters. The highest BCUT2D eigenvalue weighted by atomic mass is 32.2. The molecule has 0 fully saturated rings. The minimum atomic E-state index is -0.0246. The smallest absolute Gasteiger partial charge is 0.197 e. The Balaban J connectivity index is 1.16. The molecule has 62 heavy (non-hydrogen) atoms. The van der Waals surface area contributed by atoms with Crippen molar-refractivity contribution in [1.29, 1.82) is 0 Å². The van der Waals surface area contributed by atoms with Gasteiger partial charge in [-0.2, -0.15) is 0 Å². The summed E-state index contributed by atoms with van der Waals surface area (Å²) in [5, 5.41) is 9.32. The molecular weight excluding hydrogens is 808 g/mol. The van der Waals surface area contributed by atoms with Gasteiger partial charge in [0.2, 0.25) is 0 Å². The summed E-state index contributed by atoms with van der Waals surface area (Å²) in [6.45, 7) is 14.0. The average molecular weight is 852 g/mol. The van der Waals surface area contributed by atoms with Gasteiger partial charge in [-0.05, 0) is 111 Å². The molecule has 0 saturated heterocycles. The van der Waals surface area contributed by atoms with Crippen LogP contribution in [0.5, 0.6) is 0 Å². The molecule has 10 aromatic rings. The lowest BCUT2D eigenvalue weighted by atomic mass is 9.58. The lowest BCUT2D eigenvalue weighted by Crippen LogP contribution is -2.38. The van der Waals surface area contributed by atoms with Gasteiger partial charge in [0.25, 0.3) is 0 Å². The molecule has 6 heteroatoms. The molecule has 0 bridgehead atoms. The van der Waals surface area contributed by atoms with E-state index >= 15 is 0 Å². The van der Waals surface area contributed by atoms with E-state index in [2.05, 4.69) is 210 Å². The minimum Gasteiger partial charge on any atom is -0.354 e. The fourth-order valence-corrected chi connectivity index (χ4v) is 12.9. The summed E-state index contributed by atoms with van der Waals surface area (Å²) in [4.78, 5) is 5.16. The third-order valence-electron chi connectivity index (χ3n) is 12.8. The van der Waals surface area contributed by atoms with Crippen molar-refractivity contribution in [2.45, 2.75) is 72.0 Å². The monoisotopic (exact) mass is 851 g/mol. The number of nitrogens with zero attached hydrogens (tertiary/aromatic N) is 1. The van der Waals surface area contributed by atoms with Crippen molar-refractivity contribution in [3.05, 3.63) is 163 Å². The molecule has 12 rings (SSSR count). The van der Waals surface area contributed by atoms with Crippen LogP contribution in [0.1, 0.15) is 52.7 Å². The van der Waals surface area contributed by atoms with Crippen LogP contribution in [0.25, 0.3) is 69.9 Å². The third-order valence-corrected chi connectivity index (χ3v) is 16.5. The van der Waals surface area contributed by atoms with Gasteiger partial charge in [0.05, 0.1) is 15.9 Å². The molecule has 2 aliphatic heterocycles. The molecule has 0 amide bonds. The molecule has 0 aliphatic carbocycles. The summed E-state index contributed by atoms with van der Waals surface area (Å²) >= 11 is 5.62. The summed E-state index contributed by atoms with van der Waals surface area (Å²) in [6.07, 6.45) is 0. The Bertz CT molecular complexity index is 3490. The largest absolute Gasteiger partial charge is 0.354 e. The second-order valence-electron chi connectivity index (χ2n) is 18.9. The Labute approximate surface area is 376 Å². The number of anilines is 2. The molecule has 4 heterocycles. The van der Waals surface area contributed by atoms with Gasteiger partial charge in [-0.25, -0.2) is 0 Å². The number of fused-ring (bicyclic) bond motifs is 10. The van der Waals surface area contributed by atoms with Crippen LogP contribution in [0.15, 0.2) is 171 Å². The molecule has 1 radical (unpaired) electrons. The van der Waals surface area contributed by atoms with Crippen molar-refractivity contribution in [2.24, 2.45) is 0 Å². The first-order valence-electron chi connectivity index (χ1n) is 21.5. The predicted molar refractivity (Wildman–Crippen MR) is 271 cm³/mol. The maximum atomic E-state index is 4.10. The van der Waals surface area contributed by atoms with Gasteiger partial charge in [0.15, 0.2) is 7.28 Å². The SMILES string of the molecule is CC(C)(C)c1ccc2c(c1)c1cc(C(C)(C)C)cc3c1n2-c1cc(-c2ccccc2)cc(-c2cc4c(cc2Nc2cccc5c2sc2ccccc25)Sc2ccccc2S4)c1[B]3. The van der Waals surface area contributed by atoms with Gasteiger partial charge in [0, 0.05) is 68.3 Å². The number of benzene rings is 8. The molecule has 0 saturated carbocycles. The zero-order valence-corrected chi connectivity index (χ0v) is 38.1. The second-order valence-corrected chi connectivity index (χ2v) is 22.1. The summed E-state index contributed by atoms with van der Waals surface area (Å²) in [5.41, 5.74) is 16.0. The van der Waals surface area contributed by atoms with Gasteiger partial charge in [-0.1, -0.05) is 155 Å². The van der Waals surface area contributed by atoms with E-state index in [0.717, 1.165) is 11.4 Å². The molecule has 2 aliphatic rings. The van der Waals surface area contributed by atoms with E-state index in [4.69, 9.17) is 0 Å². The van der Waals surface area contributed by atoms with Crippen molar-refractivity contribution in [1.82, 2.24) is 4.57 Å². The Morgan fingerprint density at radius 1 is 0.500 bits per heavy atom. The van der Waals surface area contributed by atoms with Gasteiger partial charge < -0.3 is 9.88 Å². The fraction of sp³-hybridized carbons (Fsp3) is 0.143. The lowest BCUT2D eigenvalue weighted by Gasteiger charge is -2.28. The Kier molecular flexibility index (Phi) is 8.55. The predicted octanol–water partition coefficient (Wildman–Crippen LogP) is 15.4. The number of hydrogen-bond donors (Lipinski definition) is 1. The molecule has 0 spiro atoms. The Morgan fingerprint density at radius 3 is 1.97 bits per heavy atom. The van der Waals surface area contributed by atoms with Gasteiger partial charge in [0.1, 0.15) is 0 Å². The van der Waals surface area contributed by atoms with Crippen LogP contribution in [0.2, 0.25) is 0 Å². The number of thiophene rings is 1. The lowest BCUT2D eigenvalue weighted by molar-refractivity contribution is 0.590. The van der Waals surface area contributed by atoms with Crippen molar-refractivity contribution < 1.29 is 0 Å². The standard InChI is InChI=1S/C56H44BN2S3/c1-55(2,3)34-23-24-45-39(27-34)41-28-35(56(4,5)6)29-42-53(41)59(45)46-26-33(32-15-8-7-9-16-32)25-40(52(46)57-42)38-30-50-51(61-49-22-13-12-21-48(49)60-50)31-44(38)58-43-19-14-18-37-36-17-10-11-20-47(36)62-54(37)43/h7-31,58H,1-6H3. The van der Waals surface area contributed by atoms with Crippen LogP contribution in [0.3, 0.4) is 0 Å². The van der Waals surface area contributed by atoms with Crippen molar-refractivity contribution >= 4 is 106 Å². The zero-order chi connectivity index (χ0) is 42.1. The Morgan fingerprint density at radius 2 is 1.19 bits per heavy atom. The highest BCUT2D eigenvalue weighted by Gasteiger charge is 2.31. The molecule has 0 atom stereocenters. The van der Waals surface area contributed by atoms with Crippen molar-refractivity contribution in [2.75, 3.05) is 5.32 Å². The molecule has 8 aromatic carbocycles. The number of aromatic nitrogens is 1. The number of hydrogen-bond acceptors (Lipinski definition) is 4. The Hall–Kier alpha value is -5.66. The minimum absolute atomic E-state index is 0.0246. The first-order chi connectivity index (χ1) is 30.0.